The predicted octanol–water partition coefficient (Wildman–Crippen LogP) is 4.49. The van der Waals surface area contributed by atoms with Gasteiger partial charge in [-0.05, 0) is 67.1 Å². The fourth-order valence-corrected chi connectivity index (χ4v) is 4.82. The van der Waals surface area contributed by atoms with Gasteiger partial charge in [0.15, 0.2) is 5.78 Å². The number of fused-ring (bicyclic) bond motifs is 1. The lowest BCUT2D eigenvalue weighted by atomic mass is 9.88. The molecule has 0 bridgehead atoms. The number of carbonyl (C=O) groups excluding carboxylic acids is 3. The average molecular weight is 481 g/mol. The van der Waals surface area contributed by atoms with Crippen molar-refractivity contribution in [1.82, 2.24) is 19.6 Å². The van der Waals surface area contributed by atoms with Gasteiger partial charge in [0.05, 0.1) is 5.56 Å². The number of Topliss-reactive ketones (excluding diaryl/α,β-unsaturated/α-hetero) is 1. The van der Waals surface area contributed by atoms with Crippen LogP contribution in [-0.4, -0.2) is 45.0 Å². The van der Waals surface area contributed by atoms with Crippen molar-refractivity contribution < 1.29 is 14.4 Å². The number of amides is 2. The lowest BCUT2D eigenvalue weighted by Crippen LogP contribution is -2.38. The Kier molecular flexibility index (Phi) is 6.62. The van der Waals surface area contributed by atoms with Gasteiger partial charge < -0.3 is 14.6 Å². The number of likely N-dealkylation sites (tertiary alicyclic amines) is 1. The van der Waals surface area contributed by atoms with Crippen molar-refractivity contribution in [3.63, 3.8) is 0 Å². The van der Waals surface area contributed by atoms with Gasteiger partial charge >= 0.3 is 0 Å². The van der Waals surface area contributed by atoms with Crippen LogP contribution in [0.2, 0.25) is 0 Å². The van der Waals surface area contributed by atoms with Gasteiger partial charge in [0.25, 0.3) is 11.8 Å². The first kappa shape index (κ1) is 23.5. The number of rotatable bonds is 6. The Morgan fingerprint density at radius 1 is 0.944 bits per heavy atom. The Labute approximate surface area is 209 Å². The molecule has 0 aliphatic carbocycles. The summed E-state index contributed by atoms with van der Waals surface area (Å²) in [6.45, 7) is 3.20. The van der Waals surface area contributed by atoms with E-state index in [2.05, 4.69) is 10.3 Å². The Balaban J connectivity index is 1.16. The van der Waals surface area contributed by atoms with Crippen molar-refractivity contribution in [2.24, 2.45) is 0 Å². The quantitative estimate of drug-likeness (QED) is 0.412. The Bertz CT molecular complexity index is 1420. The highest BCUT2D eigenvalue weighted by Crippen LogP contribution is 2.29. The summed E-state index contributed by atoms with van der Waals surface area (Å²) >= 11 is 0. The summed E-state index contributed by atoms with van der Waals surface area (Å²) in [5, 5.41) is 2.97. The van der Waals surface area contributed by atoms with E-state index in [4.69, 9.17) is 0 Å². The highest BCUT2D eigenvalue weighted by molar-refractivity contribution is 6.07. The molecule has 5 rings (SSSR count). The second-order valence-corrected chi connectivity index (χ2v) is 9.20. The molecule has 7 nitrogen and oxygen atoms in total. The van der Waals surface area contributed by atoms with Crippen LogP contribution >= 0.6 is 0 Å². The number of ketones is 1. The first-order valence-electron chi connectivity index (χ1n) is 12.2. The molecule has 2 aromatic carbocycles. The summed E-state index contributed by atoms with van der Waals surface area (Å²) in [4.78, 5) is 43.7. The first-order valence-corrected chi connectivity index (χ1v) is 12.2. The van der Waals surface area contributed by atoms with E-state index in [0.29, 0.717) is 42.2 Å². The topological polar surface area (TPSA) is 83.8 Å². The highest BCUT2D eigenvalue weighted by atomic mass is 16.2. The van der Waals surface area contributed by atoms with Crippen LogP contribution in [0, 0.1) is 0 Å². The Morgan fingerprint density at radius 2 is 1.67 bits per heavy atom. The number of carbonyl (C=O) groups is 3. The van der Waals surface area contributed by atoms with Crippen LogP contribution in [0.25, 0.3) is 5.65 Å². The van der Waals surface area contributed by atoms with Gasteiger partial charge in [-0.15, -0.1) is 0 Å². The van der Waals surface area contributed by atoms with Gasteiger partial charge in [0.2, 0.25) is 0 Å². The van der Waals surface area contributed by atoms with E-state index < -0.39 is 0 Å². The zero-order chi connectivity index (χ0) is 25.1. The molecule has 0 atom stereocenters. The highest BCUT2D eigenvalue weighted by Gasteiger charge is 2.26. The number of benzene rings is 2. The van der Waals surface area contributed by atoms with Gasteiger partial charge in [-0.25, -0.2) is 4.98 Å². The molecule has 1 aliphatic rings. The number of imidazole rings is 1. The van der Waals surface area contributed by atoms with Crippen LogP contribution in [0.4, 0.5) is 0 Å². The number of pyridine rings is 1. The molecule has 0 radical (unpaired) electrons. The molecule has 0 spiro atoms. The van der Waals surface area contributed by atoms with Crippen LogP contribution in [0.5, 0.6) is 0 Å². The largest absolute Gasteiger partial charge is 0.348 e. The fourth-order valence-electron chi connectivity index (χ4n) is 4.82. The maximum Gasteiger partial charge on any atom is 0.254 e. The minimum atomic E-state index is -0.116. The van der Waals surface area contributed by atoms with Crippen molar-refractivity contribution in [2.75, 3.05) is 13.1 Å². The lowest BCUT2D eigenvalue weighted by Gasteiger charge is -2.32. The smallest absolute Gasteiger partial charge is 0.254 e. The van der Waals surface area contributed by atoms with E-state index in [-0.39, 0.29) is 17.6 Å². The SMILES string of the molecule is CC(=O)c1ccccc1C(=O)N1CCC(c2ccc(C(=O)NCc3ccn4ccnc4c3)cc2)CC1. The average Bonchev–Trinajstić information content (AvgIpc) is 3.39. The van der Waals surface area contributed by atoms with Crippen molar-refractivity contribution in [3.05, 3.63) is 107 Å². The number of hydrogen-bond donors (Lipinski definition) is 1. The van der Waals surface area contributed by atoms with Gasteiger partial charge in [-0.1, -0.05) is 30.3 Å². The van der Waals surface area contributed by atoms with Gasteiger partial charge in [-0.3, -0.25) is 14.4 Å². The Morgan fingerprint density at radius 3 is 2.39 bits per heavy atom. The number of nitrogens with zero attached hydrogens (tertiary/aromatic N) is 3. The van der Waals surface area contributed by atoms with E-state index in [1.807, 2.05) is 58.1 Å². The molecule has 36 heavy (non-hydrogen) atoms. The molecule has 1 saturated heterocycles. The van der Waals surface area contributed by atoms with Crippen molar-refractivity contribution in [1.29, 1.82) is 0 Å². The monoisotopic (exact) mass is 480 g/mol. The summed E-state index contributed by atoms with van der Waals surface area (Å²) < 4.78 is 1.93. The molecule has 3 heterocycles. The normalized spacial score (nSPS) is 14.1. The third-order valence-corrected chi connectivity index (χ3v) is 6.88. The molecule has 1 N–H and O–H groups in total. The van der Waals surface area contributed by atoms with Crippen LogP contribution < -0.4 is 5.32 Å². The summed E-state index contributed by atoms with van der Waals surface area (Å²) in [6.07, 6.45) is 7.24. The van der Waals surface area contributed by atoms with E-state index in [9.17, 15) is 14.4 Å². The second kappa shape index (κ2) is 10.2. The molecule has 0 unspecified atom stereocenters. The molecular weight excluding hydrogens is 452 g/mol. The number of piperidine rings is 1. The fraction of sp³-hybridized carbons (Fsp3) is 0.241. The minimum Gasteiger partial charge on any atom is -0.348 e. The summed E-state index contributed by atoms with van der Waals surface area (Å²) in [5.41, 5.74) is 4.58. The molecule has 182 valence electrons. The van der Waals surface area contributed by atoms with Crippen LogP contribution in [-0.2, 0) is 6.54 Å². The van der Waals surface area contributed by atoms with Gasteiger partial charge in [0.1, 0.15) is 5.65 Å². The summed E-state index contributed by atoms with van der Waals surface area (Å²) in [6, 6.07) is 18.7. The number of hydrogen-bond acceptors (Lipinski definition) is 4. The van der Waals surface area contributed by atoms with E-state index >= 15 is 0 Å². The van der Waals surface area contributed by atoms with E-state index in [1.165, 1.54) is 12.5 Å². The zero-order valence-corrected chi connectivity index (χ0v) is 20.2. The third kappa shape index (κ3) is 4.91. The van der Waals surface area contributed by atoms with Gasteiger partial charge in [0, 0.05) is 49.4 Å². The molecule has 1 fully saturated rings. The second-order valence-electron chi connectivity index (χ2n) is 9.20. The van der Waals surface area contributed by atoms with Crippen LogP contribution in [0.1, 0.15) is 67.9 Å². The molecule has 7 heteroatoms. The van der Waals surface area contributed by atoms with Crippen LogP contribution in [0.3, 0.4) is 0 Å². The molecule has 2 aromatic heterocycles. The molecular formula is C29H28N4O3. The van der Waals surface area contributed by atoms with Crippen molar-refractivity contribution in [2.45, 2.75) is 32.2 Å². The predicted molar refractivity (Wildman–Crippen MR) is 137 cm³/mol. The third-order valence-electron chi connectivity index (χ3n) is 6.88. The van der Waals surface area contributed by atoms with Crippen LogP contribution in [0.15, 0.2) is 79.3 Å². The molecule has 0 saturated carbocycles. The Hall–Kier alpha value is -4.26. The maximum atomic E-state index is 13.0. The number of nitrogens with one attached hydrogen (secondary N) is 1. The minimum absolute atomic E-state index is 0.0850. The van der Waals surface area contributed by atoms with Crippen molar-refractivity contribution in [3.8, 4) is 0 Å². The maximum absolute atomic E-state index is 13.0. The molecule has 4 aromatic rings. The summed E-state index contributed by atoms with van der Waals surface area (Å²) in [5.74, 6) is 0.0278. The van der Waals surface area contributed by atoms with Gasteiger partial charge in [-0.2, -0.15) is 0 Å². The zero-order valence-electron chi connectivity index (χ0n) is 20.2. The van der Waals surface area contributed by atoms with Crippen molar-refractivity contribution >= 4 is 23.2 Å². The number of aromatic nitrogens is 2. The molecule has 1 aliphatic heterocycles. The lowest BCUT2D eigenvalue weighted by molar-refractivity contribution is 0.0708. The first-order chi connectivity index (χ1) is 17.5. The van der Waals surface area contributed by atoms with E-state index in [1.54, 1.807) is 30.5 Å². The summed E-state index contributed by atoms with van der Waals surface area (Å²) in [7, 11) is 0. The van der Waals surface area contributed by atoms with E-state index in [0.717, 1.165) is 24.1 Å². The standard InChI is InChI=1S/C29H28N4O3/c1-20(34)25-4-2-3-5-26(25)29(36)33-15-11-23(12-16-33)22-6-8-24(9-7-22)28(35)31-19-21-10-14-32-17-13-30-27(32)18-21/h2-10,13-14,17-18,23H,11-12,15-16,19H2,1H3,(H,31,35). The molecule has 2 amide bonds.